The third-order valence-electron chi connectivity index (χ3n) is 1.07. The number of hydrogen-bond donors (Lipinski definition) is 2. The van der Waals surface area contributed by atoms with Crippen molar-refractivity contribution >= 4 is 11.7 Å². The number of rotatable bonds is 3. The van der Waals surface area contributed by atoms with E-state index in [1.54, 1.807) is 7.05 Å². The Labute approximate surface area is 60.5 Å². The molecular formula is C6H13N3O. The molecule has 4 nitrogen and oxygen atoms in total. The lowest BCUT2D eigenvalue weighted by Gasteiger charge is -1.95. The summed E-state index contributed by atoms with van der Waals surface area (Å²) in [7, 11) is 1.57. The van der Waals surface area contributed by atoms with Crippen LogP contribution in [0.15, 0.2) is 4.99 Å². The highest BCUT2D eigenvalue weighted by Gasteiger charge is 1.93. The van der Waals surface area contributed by atoms with Crippen LogP contribution in [0.25, 0.3) is 0 Å². The molecule has 3 N–H and O–H groups in total. The van der Waals surface area contributed by atoms with Crippen molar-refractivity contribution in [1.29, 1.82) is 0 Å². The maximum atomic E-state index is 10.6. The first-order valence-electron chi connectivity index (χ1n) is 3.20. The van der Waals surface area contributed by atoms with Crippen molar-refractivity contribution in [3.63, 3.8) is 0 Å². The number of amides is 1. The highest BCUT2D eigenvalue weighted by molar-refractivity contribution is 5.84. The Morgan fingerprint density at radius 3 is 2.70 bits per heavy atom. The molecule has 0 saturated carbocycles. The molecule has 4 heteroatoms. The second-order valence-corrected chi connectivity index (χ2v) is 1.83. The summed E-state index contributed by atoms with van der Waals surface area (Å²) in [5.41, 5.74) is 5.35. The first-order chi connectivity index (χ1) is 4.70. The van der Waals surface area contributed by atoms with E-state index in [0.717, 1.165) is 0 Å². The molecule has 0 fully saturated rings. The molecule has 0 aromatic carbocycles. The van der Waals surface area contributed by atoms with Crippen molar-refractivity contribution in [3.8, 4) is 0 Å². The van der Waals surface area contributed by atoms with Crippen LogP contribution in [0.5, 0.6) is 0 Å². The molecule has 0 rings (SSSR count). The minimum absolute atomic E-state index is 0.114. The SMILES string of the molecule is CCC(N)=NCC(=O)NC. The lowest BCUT2D eigenvalue weighted by atomic mass is 10.4. The number of nitrogens with one attached hydrogen (secondary N) is 1. The summed E-state index contributed by atoms with van der Waals surface area (Å²) in [4.78, 5) is 14.4. The molecule has 0 spiro atoms. The van der Waals surface area contributed by atoms with Gasteiger partial charge in [0.25, 0.3) is 0 Å². The molecule has 0 aliphatic rings. The first kappa shape index (κ1) is 8.94. The number of hydrogen-bond acceptors (Lipinski definition) is 2. The molecule has 0 unspecified atom stereocenters. The molecule has 10 heavy (non-hydrogen) atoms. The minimum atomic E-state index is -0.114. The summed E-state index contributed by atoms with van der Waals surface area (Å²) in [6.07, 6.45) is 0.691. The van der Waals surface area contributed by atoms with E-state index in [-0.39, 0.29) is 12.5 Å². The lowest BCUT2D eigenvalue weighted by molar-refractivity contribution is -0.119. The lowest BCUT2D eigenvalue weighted by Crippen LogP contribution is -2.22. The van der Waals surface area contributed by atoms with Crippen molar-refractivity contribution in [1.82, 2.24) is 5.32 Å². The monoisotopic (exact) mass is 143 g/mol. The van der Waals surface area contributed by atoms with Gasteiger partial charge in [0.1, 0.15) is 6.54 Å². The minimum Gasteiger partial charge on any atom is -0.387 e. The summed E-state index contributed by atoms with van der Waals surface area (Å²) in [6, 6.07) is 0. The highest BCUT2D eigenvalue weighted by Crippen LogP contribution is 1.77. The fraction of sp³-hybridized carbons (Fsp3) is 0.667. The van der Waals surface area contributed by atoms with Gasteiger partial charge in [0, 0.05) is 13.5 Å². The van der Waals surface area contributed by atoms with Crippen LogP contribution < -0.4 is 11.1 Å². The predicted octanol–water partition coefficient (Wildman–Crippen LogP) is -0.500. The predicted molar refractivity (Wildman–Crippen MR) is 40.8 cm³/mol. The molecule has 0 atom stereocenters. The first-order valence-corrected chi connectivity index (χ1v) is 3.20. The Balaban J connectivity index is 3.61. The van der Waals surface area contributed by atoms with Crippen molar-refractivity contribution in [2.45, 2.75) is 13.3 Å². The average molecular weight is 143 g/mol. The zero-order valence-electron chi connectivity index (χ0n) is 6.35. The molecule has 0 heterocycles. The van der Waals surface area contributed by atoms with Crippen LogP contribution in [0.3, 0.4) is 0 Å². The van der Waals surface area contributed by atoms with E-state index < -0.39 is 0 Å². The molecule has 1 amide bonds. The van der Waals surface area contributed by atoms with Gasteiger partial charge < -0.3 is 11.1 Å². The van der Waals surface area contributed by atoms with Gasteiger partial charge in [-0.3, -0.25) is 9.79 Å². The van der Waals surface area contributed by atoms with Crippen molar-refractivity contribution < 1.29 is 4.79 Å². The largest absolute Gasteiger partial charge is 0.387 e. The molecule has 0 aromatic heterocycles. The molecule has 0 aliphatic carbocycles. The molecule has 0 bridgehead atoms. The van der Waals surface area contributed by atoms with Gasteiger partial charge in [-0.15, -0.1) is 0 Å². The zero-order valence-corrected chi connectivity index (χ0v) is 6.35. The zero-order chi connectivity index (χ0) is 7.98. The molecule has 58 valence electrons. The number of aliphatic imine (C=N–C) groups is 1. The van der Waals surface area contributed by atoms with Crippen LogP contribution in [0.1, 0.15) is 13.3 Å². The van der Waals surface area contributed by atoms with Gasteiger partial charge in [0.05, 0.1) is 5.84 Å². The van der Waals surface area contributed by atoms with E-state index in [1.807, 2.05) is 6.92 Å². The van der Waals surface area contributed by atoms with Crippen molar-refractivity contribution in [3.05, 3.63) is 0 Å². The van der Waals surface area contributed by atoms with Crippen molar-refractivity contribution in [2.24, 2.45) is 10.7 Å². The van der Waals surface area contributed by atoms with E-state index in [4.69, 9.17) is 5.73 Å². The van der Waals surface area contributed by atoms with Gasteiger partial charge >= 0.3 is 0 Å². The van der Waals surface area contributed by atoms with Gasteiger partial charge in [-0.2, -0.15) is 0 Å². The van der Waals surface area contributed by atoms with E-state index in [9.17, 15) is 4.79 Å². The van der Waals surface area contributed by atoms with Crippen LogP contribution in [0.4, 0.5) is 0 Å². The molecule has 0 aliphatic heterocycles. The van der Waals surface area contributed by atoms with E-state index >= 15 is 0 Å². The summed E-state index contributed by atoms with van der Waals surface area (Å²) in [6.45, 7) is 2.03. The second-order valence-electron chi connectivity index (χ2n) is 1.83. The van der Waals surface area contributed by atoms with Gasteiger partial charge in [-0.05, 0) is 0 Å². The molecule has 0 radical (unpaired) electrons. The van der Waals surface area contributed by atoms with Crippen LogP contribution in [0, 0.1) is 0 Å². The van der Waals surface area contributed by atoms with Crippen LogP contribution >= 0.6 is 0 Å². The van der Waals surface area contributed by atoms with Gasteiger partial charge in [0.15, 0.2) is 0 Å². The smallest absolute Gasteiger partial charge is 0.241 e. The van der Waals surface area contributed by atoms with Gasteiger partial charge in [-0.25, -0.2) is 0 Å². The van der Waals surface area contributed by atoms with Crippen molar-refractivity contribution in [2.75, 3.05) is 13.6 Å². The highest BCUT2D eigenvalue weighted by atomic mass is 16.1. The third kappa shape index (κ3) is 3.88. The number of likely N-dealkylation sites (N-methyl/N-ethyl adjacent to an activating group) is 1. The fourth-order valence-corrected chi connectivity index (χ4v) is 0.364. The fourth-order valence-electron chi connectivity index (χ4n) is 0.364. The number of carbonyl (C=O) groups excluding carboxylic acids is 1. The maximum absolute atomic E-state index is 10.6. The Bertz CT molecular complexity index is 142. The topological polar surface area (TPSA) is 67.5 Å². The quantitative estimate of drug-likeness (QED) is 0.413. The van der Waals surface area contributed by atoms with Gasteiger partial charge in [-0.1, -0.05) is 6.92 Å². The summed E-state index contributed by atoms with van der Waals surface area (Å²) < 4.78 is 0. The number of nitrogens with zero attached hydrogens (tertiary/aromatic N) is 1. The average Bonchev–Trinajstić information content (AvgIpc) is 1.99. The van der Waals surface area contributed by atoms with Crippen LogP contribution in [-0.4, -0.2) is 25.3 Å². The maximum Gasteiger partial charge on any atom is 0.241 e. The molecule has 0 aromatic rings. The Hall–Kier alpha value is -1.06. The Kier molecular flexibility index (Phi) is 4.28. The summed E-state index contributed by atoms with van der Waals surface area (Å²) >= 11 is 0. The number of nitrogens with two attached hydrogens (primary N) is 1. The standard InChI is InChI=1S/C6H13N3O/c1-3-5(7)9-4-6(10)8-2/h3-4H2,1-2H3,(H2,7,9)(H,8,10). The van der Waals surface area contributed by atoms with E-state index in [2.05, 4.69) is 10.3 Å². The molecular weight excluding hydrogens is 130 g/mol. The number of carbonyl (C=O) groups is 1. The summed E-state index contributed by atoms with van der Waals surface area (Å²) in [5.74, 6) is 0.403. The van der Waals surface area contributed by atoms with Crippen LogP contribution in [-0.2, 0) is 4.79 Å². The van der Waals surface area contributed by atoms with Gasteiger partial charge in [0.2, 0.25) is 5.91 Å². The number of amidine groups is 1. The van der Waals surface area contributed by atoms with E-state index in [1.165, 1.54) is 0 Å². The van der Waals surface area contributed by atoms with E-state index in [0.29, 0.717) is 12.3 Å². The Morgan fingerprint density at radius 1 is 1.70 bits per heavy atom. The normalized spacial score (nSPS) is 11.2. The summed E-state index contributed by atoms with van der Waals surface area (Å²) in [5, 5.41) is 2.44. The second kappa shape index (κ2) is 4.78. The Morgan fingerprint density at radius 2 is 2.30 bits per heavy atom. The third-order valence-corrected chi connectivity index (χ3v) is 1.07. The van der Waals surface area contributed by atoms with Crippen LogP contribution in [0.2, 0.25) is 0 Å². The molecule has 0 saturated heterocycles.